The van der Waals surface area contributed by atoms with Gasteiger partial charge < -0.3 is 15.1 Å². The first-order valence-corrected chi connectivity index (χ1v) is 17.2. The van der Waals surface area contributed by atoms with Crippen LogP contribution in [0.15, 0.2) is 18.2 Å². The third kappa shape index (κ3) is 9.41. The zero-order valence-electron chi connectivity index (χ0n) is 25.0. The highest BCUT2D eigenvalue weighted by molar-refractivity contribution is 7.88. The van der Waals surface area contributed by atoms with E-state index in [9.17, 15) is 22.0 Å². The number of piperazine rings is 1. The fourth-order valence-electron chi connectivity index (χ4n) is 6.85. The molecule has 1 atom stereocenters. The van der Waals surface area contributed by atoms with Crippen LogP contribution >= 0.6 is 0 Å². The molecule has 8 nitrogen and oxygen atoms in total. The first-order chi connectivity index (χ1) is 19.5. The topological polar surface area (TPSA) is 76.2 Å². The van der Waals surface area contributed by atoms with Crippen molar-refractivity contribution in [3.63, 3.8) is 0 Å². The molecule has 0 spiro atoms. The summed E-state index contributed by atoms with van der Waals surface area (Å²) >= 11 is 0. The number of halogens is 2. The van der Waals surface area contributed by atoms with Gasteiger partial charge in [-0.2, -0.15) is 0 Å². The average Bonchev–Trinajstić information content (AvgIpc) is 2.92. The molecule has 41 heavy (non-hydrogen) atoms. The van der Waals surface area contributed by atoms with E-state index in [1.54, 1.807) is 0 Å². The normalized spacial score (nSPS) is 21.8. The van der Waals surface area contributed by atoms with Crippen molar-refractivity contribution in [3.05, 3.63) is 35.4 Å². The summed E-state index contributed by atoms with van der Waals surface area (Å²) in [6, 6.07) is 4.02. The third-order valence-electron chi connectivity index (χ3n) is 9.05. The van der Waals surface area contributed by atoms with Crippen LogP contribution in [0.25, 0.3) is 0 Å². The lowest BCUT2D eigenvalue weighted by molar-refractivity contribution is -0.136. The highest BCUT2D eigenvalue weighted by atomic mass is 32.2. The van der Waals surface area contributed by atoms with Crippen LogP contribution in [0.1, 0.15) is 57.4 Å². The van der Waals surface area contributed by atoms with Crippen LogP contribution in [0.4, 0.5) is 8.78 Å². The van der Waals surface area contributed by atoms with Crippen molar-refractivity contribution in [2.24, 2.45) is 11.8 Å². The molecule has 0 aliphatic carbocycles. The molecule has 1 aromatic carbocycles. The number of carbonyl (C=O) groups excluding carboxylic acids is 1. The minimum absolute atomic E-state index is 0.0438. The first kappa shape index (κ1) is 32.3. The summed E-state index contributed by atoms with van der Waals surface area (Å²) in [6.07, 6.45) is 5.19. The van der Waals surface area contributed by atoms with Crippen molar-refractivity contribution in [2.45, 2.75) is 57.9 Å². The summed E-state index contributed by atoms with van der Waals surface area (Å²) < 4.78 is 54.0. The quantitative estimate of drug-likeness (QED) is 0.423. The number of rotatable bonds is 11. The van der Waals surface area contributed by atoms with E-state index >= 15 is 0 Å². The number of sulfonamides is 1. The fraction of sp³-hybridized carbons (Fsp3) is 0.767. The van der Waals surface area contributed by atoms with Gasteiger partial charge in [0.15, 0.2) is 0 Å². The SMILES string of the molecule is CC(C)CN(C(=O)CN1CCNCC1)C1CCN(CC[C@@H](c2cc(F)cc(F)c2)C2CCN(S(C)(=O)=O)CC2)CC1. The molecule has 3 aliphatic heterocycles. The Hall–Kier alpha value is -1.66. The summed E-state index contributed by atoms with van der Waals surface area (Å²) in [5, 5.41) is 3.35. The summed E-state index contributed by atoms with van der Waals surface area (Å²) in [5.74, 6) is -0.395. The molecular formula is C30H49F2N5O3S. The number of hydrogen-bond acceptors (Lipinski definition) is 6. The lowest BCUT2D eigenvalue weighted by Gasteiger charge is -2.41. The Morgan fingerprint density at radius 2 is 1.56 bits per heavy atom. The van der Waals surface area contributed by atoms with E-state index in [0.717, 1.165) is 77.7 Å². The largest absolute Gasteiger partial charge is 0.338 e. The van der Waals surface area contributed by atoms with Crippen LogP contribution in [0.3, 0.4) is 0 Å². The van der Waals surface area contributed by atoms with Crippen molar-refractivity contribution >= 4 is 15.9 Å². The second kappa shape index (κ2) is 14.7. The van der Waals surface area contributed by atoms with Crippen LogP contribution in [0.2, 0.25) is 0 Å². The van der Waals surface area contributed by atoms with Gasteiger partial charge in [-0.25, -0.2) is 21.5 Å². The van der Waals surface area contributed by atoms with Gasteiger partial charge in [-0.3, -0.25) is 9.69 Å². The molecule has 3 aliphatic rings. The minimum atomic E-state index is -3.25. The predicted molar refractivity (Wildman–Crippen MR) is 158 cm³/mol. The Morgan fingerprint density at radius 1 is 0.951 bits per heavy atom. The molecule has 1 N–H and O–H groups in total. The lowest BCUT2D eigenvalue weighted by Crippen LogP contribution is -2.53. The van der Waals surface area contributed by atoms with Crippen molar-refractivity contribution in [1.82, 2.24) is 24.3 Å². The number of nitrogens with one attached hydrogen (secondary N) is 1. The van der Waals surface area contributed by atoms with Crippen molar-refractivity contribution in [1.29, 1.82) is 0 Å². The van der Waals surface area contributed by atoms with Gasteiger partial charge in [0.1, 0.15) is 11.6 Å². The van der Waals surface area contributed by atoms with Gasteiger partial charge in [0.25, 0.3) is 0 Å². The zero-order chi connectivity index (χ0) is 29.6. The molecule has 3 fully saturated rings. The van der Waals surface area contributed by atoms with Gasteiger partial charge in [-0.1, -0.05) is 13.8 Å². The van der Waals surface area contributed by atoms with Crippen LogP contribution in [0, 0.1) is 23.5 Å². The molecule has 0 unspecified atom stereocenters. The van der Waals surface area contributed by atoms with E-state index in [0.29, 0.717) is 44.0 Å². The number of benzene rings is 1. The van der Waals surface area contributed by atoms with Gasteiger partial charge in [-0.15, -0.1) is 0 Å². The second-order valence-electron chi connectivity index (χ2n) is 12.6. The molecule has 1 aromatic rings. The van der Waals surface area contributed by atoms with Gasteiger partial charge in [0, 0.05) is 71.0 Å². The van der Waals surface area contributed by atoms with Crippen molar-refractivity contribution < 1.29 is 22.0 Å². The first-order valence-electron chi connectivity index (χ1n) is 15.4. The molecule has 232 valence electrons. The number of amides is 1. The molecule has 3 saturated heterocycles. The van der Waals surface area contributed by atoms with Crippen LogP contribution in [-0.4, -0.2) is 118 Å². The number of hydrogen-bond donors (Lipinski definition) is 1. The Kier molecular flexibility index (Phi) is 11.6. The smallest absolute Gasteiger partial charge is 0.237 e. The molecule has 0 bridgehead atoms. The van der Waals surface area contributed by atoms with Crippen LogP contribution in [0.5, 0.6) is 0 Å². The standard InChI is InChI=1S/C30H49F2N5O3S/c1-23(2)21-37(30(38)22-35-16-9-33-10-17-35)28-6-11-34(12-7-28)13-8-29(25-18-26(31)20-27(32)19-25)24-4-14-36(15-5-24)41(3,39)40/h18-20,23-24,28-29,33H,4-17,21-22H2,1-3H3/t29-/m1/s1. The zero-order valence-corrected chi connectivity index (χ0v) is 25.8. The molecular weight excluding hydrogens is 548 g/mol. The fourth-order valence-corrected chi connectivity index (χ4v) is 7.72. The van der Waals surface area contributed by atoms with E-state index in [4.69, 9.17) is 0 Å². The predicted octanol–water partition coefficient (Wildman–Crippen LogP) is 2.96. The number of carbonyl (C=O) groups is 1. The minimum Gasteiger partial charge on any atom is -0.338 e. The Labute approximate surface area is 245 Å². The highest BCUT2D eigenvalue weighted by Gasteiger charge is 2.33. The molecule has 0 aromatic heterocycles. The summed E-state index contributed by atoms with van der Waals surface area (Å²) in [6.45, 7) is 12.7. The highest BCUT2D eigenvalue weighted by Crippen LogP contribution is 2.37. The number of likely N-dealkylation sites (tertiary alicyclic amines) is 1. The van der Waals surface area contributed by atoms with Gasteiger partial charge in [0.2, 0.25) is 15.9 Å². The van der Waals surface area contributed by atoms with E-state index in [1.165, 1.54) is 22.7 Å². The van der Waals surface area contributed by atoms with Gasteiger partial charge in [-0.05, 0) is 74.1 Å². The second-order valence-corrected chi connectivity index (χ2v) is 14.6. The van der Waals surface area contributed by atoms with Gasteiger partial charge >= 0.3 is 0 Å². The van der Waals surface area contributed by atoms with Crippen LogP contribution < -0.4 is 5.32 Å². The Bertz CT molecular complexity index is 1080. The molecule has 3 heterocycles. The van der Waals surface area contributed by atoms with Gasteiger partial charge in [0.05, 0.1) is 12.8 Å². The van der Waals surface area contributed by atoms with Crippen molar-refractivity contribution in [2.75, 3.05) is 78.2 Å². The molecule has 1 amide bonds. The summed E-state index contributed by atoms with van der Waals surface area (Å²) in [7, 11) is -3.25. The molecule has 4 rings (SSSR count). The lowest BCUT2D eigenvalue weighted by atomic mass is 9.78. The monoisotopic (exact) mass is 597 g/mol. The molecule has 0 radical (unpaired) electrons. The third-order valence-corrected chi connectivity index (χ3v) is 10.4. The average molecular weight is 598 g/mol. The van der Waals surface area contributed by atoms with Crippen molar-refractivity contribution in [3.8, 4) is 0 Å². The Morgan fingerprint density at radius 3 is 2.12 bits per heavy atom. The van der Waals surface area contributed by atoms with E-state index in [1.807, 2.05) is 0 Å². The maximum atomic E-state index is 14.2. The maximum Gasteiger partial charge on any atom is 0.237 e. The molecule has 11 heteroatoms. The number of nitrogens with zero attached hydrogens (tertiary/aromatic N) is 4. The maximum absolute atomic E-state index is 14.2. The van der Waals surface area contributed by atoms with E-state index in [-0.39, 0.29) is 23.8 Å². The Balaban J connectivity index is 1.36. The van der Waals surface area contributed by atoms with Crippen LogP contribution in [-0.2, 0) is 14.8 Å². The summed E-state index contributed by atoms with van der Waals surface area (Å²) in [5.41, 5.74) is 0.664. The van der Waals surface area contributed by atoms with E-state index in [2.05, 4.69) is 33.9 Å². The molecule has 0 saturated carbocycles. The number of piperidine rings is 2. The summed E-state index contributed by atoms with van der Waals surface area (Å²) in [4.78, 5) is 20.1. The van der Waals surface area contributed by atoms with E-state index < -0.39 is 21.7 Å².